The van der Waals surface area contributed by atoms with Crippen LogP contribution in [0.25, 0.3) is 11.0 Å². The molecule has 2 rings (SSSR count). The summed E-state index contributed by atoms with van der Waals surface area (Å²) >= 11 is 5.75. The van der Waals surface area contributed by atoms with Crippen LogP contribution in [0.1, 0.15) is 18.1 Å². The van der Waals surface area contributed by atoms with Crippen LogP contribution in [0.5, 0.6) is 0 Å². The predicted octanol–water partition coefficient (Wildman–Crippen LogP) is 3.21. The zero-order chi connectivity index (χ0) is 11.7. The molecule has 1 unspecified atom stereocenters. The van der Waals surface area contributed by atoms with E-state index >= 15 is 0 Å². The SMILES string of the molecule is Cc1cc2ncn(COC(C)Cl)c2cc1C. The van der Waals surface area contributed by atoms with Crippen LogP contribution >= 0.6 is 11.6 Å². The van der Waals surface area contributed by atoms with Crippen molar-refractivity contribution in [3.05, 3.63) is 29.6 Å². The lowest BCUT2D eigenvalue weighted by Crippen LogP contribution is -2.05. The Hall–Kier alpha value is -1.06. The maximum atomic E-state index is 5.75. The lowest BCUT2D eigenvalue weighted by molar-refractivity contribution is 0.0655. The Morgan fingerprint density at radius 2 is 2.06 bits per heavy atom. The van der Waals surface area contributed by atoms with E-state index < -0.39 is 0 Å². The Bertz CT molecular complexity index is 505. The second-order valence-corrected chi connectivity index (χ2v) is 4.59. The van der Waals surface area contributed by atoms with E-state index in [-0.39, 0.29) is 5.56 Å². The lowest BCUT2D eigenvalue weighted by Gasteiger charge is -2.08. The minimum atomic E-state index is -0.288. The molecule has 0 radical (unpaired) electrons. The fraction of sp³-hybridized carbons (Fsp3) is 0.417. The third kappa shape index (κ3) is 2.20. The first-order valence-corrected chi connectivity index (χ1v) is 5.69. The van der Waals surface area contributed by atoms with Crippen molar-refractivity contribution in [2.45, 2.75) is 33.1 Å². The summed E-state index contributed by atoms with van der Waals surface area (Å²) in [6.45, 7) is 6.42. The highest BCUT2D eigenvalue weighted by Crippen LogP contribution is 2.18. The number of rotatable bonds is 3. The summed E-state index contributed by atoms with van der Waals surface area (Å²) in [6, 6.07) is 4.21. The van der Waals surface area contributed by atoms with Crippen LogP contribution < -0.4 is 0 Å². The quantitative estimate of drug-likeness (QED) is 0.768. The van der Waals surface area contributed by atoms with Crippen molar-refractivity contribution in [2.75, 3.05) is 0 Å². The van der Waals surface area contributed by atoms with Crippen molar-refractivity contribution in [1.82, 2.24) is 9.55 Å². The molecule has 0 saturated carbocycles. The third-order valence-corrected chi connectivity index (χ3v) is 2.81. The number of hydrogen-bond donors (Lipinski definition) is 0. The largest absolute Gasteiger partial charge is 0.342 e. The molecule has 0 bridgehead atoms. The molecule has 0 aliphatic heterocycles. The minimum Gasteiger partial charge on any atom is -0.342 e. The molecule has 3 nitrogen and oxygen atoms in total. The summed E-state index contributed by atoms with van der Waals surface area (Å²) in [6.07, 6.45) is 1.78. The molecule has 0 aliphatic rings. The highest BCUT2D eigenvalue weighted by atomic mass is 35.5. The van der Waals surface area contributed by atoms with E-state index in [1.165, 1.54) is 11.1 Å². The average molecular weight is 239 g/mol. The number of aromatic nitrogens is 2. The summed E-state index contributed by atoms with van der Waals surface area (Å²) in [7, 11) is 0. The summed E-state index contributed by atoms with van der Waals surface area (Å²) in [4.78, 5) is 4.34. The number of hydrogen-bond acceptors (Lipinski definition) is 2. The van der Waals surface area contributed by atoms with Crippen LogP contribution in [-0.4, -0.2) is 15.1 Å². The van der Waals surface area contributed by atoms with Crippen LogP contribution in [0.15, 0.2) is 18.5 Å². The van der Waals surface area contributed by atoms with E-state index in [9.17, 15) is 0 Å². The molecule has 16 heavy (non-hydrogen) atoms. The Morgan fingerprint density at radius 3 is 2.75 bits per heavy atom. The van der Waals surface area contributed by atoms with Crippen molar-refractivity contribution in [3.8, 4) is 0 Å². The molecule has 1 aromatic carbocycles. The Morgan fingerprint density at radius 1 is 1.38 bits per heavy atom. The number of alkyl halides is 1. The van der Waals surface area contributed by atoms with E-state index in [4.69, 9.17) is 16.3 Å². The van der Waals surface area contributed by atoms with Gasteiger partial charge in [-0.15, -0.1) is 0 Å². The molecule has 0 amide bonds. The van der Waals surface area contributed by atoms with Gasteiger partial charge < -0.3 is 9.30 Å². The first kappa shape index (κ1) is 11.4. The van der Waals surface area contributed by atoms with Gasteiger partial charge in [0.25, 0.3) is 0 Å². The Balaban J connectivity index is 2.36. The summed E-state index contributed by atoms with van der Waals surface area (Å²) in [5.74, 6) is 0. The molecule has 0 fully saturated rings. The maximum Gasteiger partial charge on any atom is 0.130 e. The number of benzene rings is 1. The topological polar surface area (TPSA) is 27.1 Å². The molecule has 86 valence electrons. The van der Waals surface area contributed by atoms with Gasteiger partial charge >= 0.3 is 0 Å². The normalized spacial score (nSPS) is 13.2. The van der Waals surface area contributed by atoms with Crippen LogP contribution in [-0.2, 0) is 11.5 Å². The molecular weight excluding hydrogens is 224 g/mol. The van der Waals surface area contributed by atoms with Gasteiger partial charge in [0.2, 0.25) is 0 Å². The van der Waals surface area contributed by atoms with Gasteiger partial charge in [0.1, 0.15) is 12.3 Å². The standard InChI is InChI=1S/C12H15ClN2O/c1-8-4-11-12(5-9(8)2)15(6-14-11)7-16-10(3)13/h4-6,10H,7H2,1-3H3. The van der Waals surface area contributed by atoms with E-state index in [1.54, 1.807) is 13.3 Å². The Kier molecular flexibility index (Phi) is 3.17. The van der Waals surface area contributed by atoms with Gasteiger partial charge in [-0.05, 0) is 44.0 Å². The van der Waals surface area contributed by atoms with Gasteiger partial charge in [-0.3, -0.25) is 0 Å². The van der Waals surface area contributed by atoms with Crippen molar-refractivity contribution in [2.24, 2.45) is 0 Å². The number of halogens is 1. The molecule has 1 atom stereocenters. The maximum absolute atomic E-state index is 5.75. The zero-order valence-corrected chi connectivity index (χ0v) is 10.5. The van der Waals surface area contributed by atoms with Crippen LogP contribution in [0, 0.1) is 13.8 Å². The fourth-order valence-corrected chi connectivity index (χ4v) is 1.66. The van der Waals surface area contributed by atoms with E-state index in [2.05, 4.69) is 31.0 Å². The number of ether oxygens (including phenoxy) is 1. The van der Waals surface area contributed by atoms with E-state index in [1.807, 2.05) is 4.57 Å². The molecule has 0 aliphatic carbocycles. The van der Waals surface area contributed by atoms with Gasteiger partial charge in [0, 0.05) is 0 Å². The summed E-state index contributed by atoms with van der Waals surface area (Å²) in [5.41, 5.74) is 4.30. The van der Waals surface area contributed by atoms with Gasteiger partial charge in [0.15, 0.2) is 0 Å². The first-order valence-electron chi connectivity index (χ1n) is 5.25. The van der Waals surface area contributed by atoms with Gasteiger partial charge in [-0.25, -0.2) is 4.98 Å². The van der Waals surface area contributed by atoms with Crippen LogP contribution in [0.4, 0.5) is 0 Å². The Labute approximate surface area is 100.0 Å². The van der Waals surface area contributed by atoms with Crippen LogP contribution in [0.2, 0.25) is 0 Å². The van der Waals surface area contributed by atoms with Crippen molar-refractivity contribution >= 4 is 22.6 Å². The van der Waals surface area contributed by atoms with Crippen LogP contribution in [0.3, 0.4) is 0 Å². The molecule has 4 heteroatoms. The predicted molar refractivity (Wildman–Crippen MR) is 65.6 cm³/mol. The molecule has 0 N–H and O–H groups in total. The van der Waals surface area contributed by atoms with Gasteiger partial charge in [-0.1, -0.05) is 11.6 Å². The second kappa shape index (κ2) is 4.44. The minimum absolute atomic E-state index is 0.288. The first-order chi connectivity index (χ1) is 7.58. The number of aryl methyl sites for hydroxylation is 2. The second-order valence-electron chi connectivity index (χ2n) is 3.98. The lowest BCUT2D eigenvalue weighted by atomic mass is 10.1. The molecule has 0 saturated heterocycles. The molecule has 1 aromatic heterocycles. The average Bonchev–Trinajstić information content (AvgIpc) is 2.58. The molecule has 0 spiro atoms. The fourth-order valence-electron chi connectivity index (χ4n) is 1.60. The number of nitrogens with zero attached hydrogens (tertiary/aromatic N) is 2. The van der Waals surface area contributed by atoms with Gasteiger partial charge in [-0.2, -0.15) is 0 Å². The zero-order valence-electron chi connectivity index (χ0n) is 9.70. The van der Waals surface area contributed by atoms with Gasteiger partial charge in [0.05, 0.1) is 17.4 Å². The molecule has 2 aromatic rings. The highest BCUT2D eigenvalue weighted by Gasteiger charge is 2.05. The summed E-state index contributed by atoms with van der Waals surface area (Å²) < 4.78 is 7.31. The monoisotopic (exact) mass is 238 g/mol. The highest BCUT2D eigenvalue weighted by molar-refractivity contribution is 6.19. The molecular formula is C12H15ClN2O. The summed E-state index contributed by atoms with van der Waals surface area (Å²) in [5, 5.41) is 0. The van der Waals surface area contributed by atoms with Crippen molar-refractivity contribution < 1.29 is 4.74 Å². The van der Waals surface area contributed by atoms with E-state index in [0.717, 1.165) is 11.0 Å². The third-order valence-electron chi connectivity index (χ3n) is 2.68. The van der Waals surface area contributed by atoms with E-state index in [0.29, 0.717) is 6.73 Å². The van der Waals surface area contributed by atoms with Crippen molar-refractivity contribution in [1.29, 1.82) is 0 Å². The van der Waals surface area contributed by atoms with Crippen molar-refractivity contribution in [3.63, 3.8) is 0 Å². The number of fused-ring (bicyclic) bond motifs is 1. The smallest absolute Gasteiger partial charge is 0.130 e. The molecule has 1 heterocycles. The number of imidazole rings is 1.